The van der Waals surface area contributed by atoms with Crippen LogP contribution in [0.3, 0.4) is 0 Å². The van der Waals surface area contributed by atoms with Gasteiger partial charge >= 0.3 is 0 Å². The van der Waals surface area contributed by atoms with E-state index in [1.165, 1.54) is 0 Å². The maximum Gasteiger partial charge on any atom is 0.264 e. The quantitative estimate of drug-likeness (QED) is 0.482. The van der Waals surface area contributed by atoms with Gasteiger partial charge in [0, 0.05) is 0 Å². The summed E-state index contributed by atoms with van der Waals surface area (Å²) in [5.41, 5.74) is 4.53. The average molecular weight is 481 g/mol. The number of nitrogens with one attached hydrogen (secondary N) is 1. The SMILES string of the molecule is Cc1ccc(OCC(C)NC(=O)CN(c2ccc(C)c(C)c2)S(=O)(=O)c2ccc(C)cc2)cc1. The Morgan fingerprint density at radius 1 is 0.882 bits per heavy atom. The van der Waals surface area contributed by atoms with E-state index in [0.29, 0.717) is 11.4 Å². The number of aryl methyl sites for hydroxylation is 4. The van der Waals surface area contributed by atoms with Crippen molar-refractivity contribution in [2.45, 2.75) is 45.6 Å². The van der Waals surface area contributed by atoms with Crippen molar-refractivity contribution in [3.8, 4) is 5.75 Å². The smallest absolute Gasteiger partial charge is 0.264 e. The summed E-state index contributed by atoms with van der Waals surface area (Å²) < 4.78 is 33.9. The molecule has 7 heteroatoms. The van der Waals surface area contributed by atoms with Gasteiger partial charge in [-0.2, -0.15) is 0 Å². The van der Waals surface area contributed by atoms with Crippen LogP contribution in [0.4, 0.5) is 5.69 Å². The Kier molecular flexibility index (Phi) is 7.99. The minimum Gasteiger partial charge on any atom is -0.491 e. The van der Waals surface area contributed by atoms with Crippen LogP contribution < -0.4 is 14.4 Å². The first-order valence-electron chi connectivity index (χ1n) is 11.2. The summed E-state index contributed by atoms with van der Waals surface area (Å²) in [7, 11) is -3.95. The van der Waals surface area contributed by atoms with E-state index in [4.69, 9.17) is 4.74 Å². The van der Waals surface area contributed by atoms with Gasteiger partial charge in [-0.05, 0) is 82.1 Å². The molecule has 3 aromatic rings. The van der Waals surface area contributed by atoms with Crippen molar-refractivity contribution < 1.29 is 17.9 Å². The summed E-state index contributed by atoms with van der Waals surface area (Å²) in [5.74, 6) is 0.305. The van der Waals surface area contributed by atoms with Crippen LogP contribution in [-0.4, -0.2) is 33.5 Å². The highest BCUT2D eigenvalue weighted by molar-refractivity contribution is 7.92. The Morgan fingerprint density at radius 3 is 2.06 bits per heavy atom. The third kappa shape index (κ3) is 6.38. The van der Waals surface area contributed by atoms with Crippen LogP contribution in [0.15, 0.2) is 71.6 Å². The van der Waals surface area contributed by atoms with E-state index in [2.05, 4.69) is 5.32 Å². The lowest BCUT2D eigenvalue weighted by Gasteiger charge is -2.25. The number of amides is 1. The fourth-order valence-electron chi connectivity index (χ4n) is 3.38. The second-order valence-electron chi connectivity index (χ2n) is 8.69. The zero-order chi connectivity index (χ0) is 24.9. The lowest BCUT2D eigenvalue weighted by atomic mass is 10.1. The first-order valence-corrected chi connectivity index (χ1v) is 12.7. The number of ether oxygens (including phenoxy) is 1. The van der Waals surface area contributed by atoms with Gasteiger partial charge in [-0.25, -0.2) is 8.42 Å². The van der Waals surface area contributed by atoms with Gasteiger partial charge < -0.3 is 10.1 Å². The Hall–Kier alpha value is -3.32. The highest BCUT2D eigenvalue weighted by Crippen LogP contribution is 2.26. The molecule has 0 aliphatic rings. The minimum absolute atomic E-state index is 0.139. The molecule has 1 unspecified atom stereocenters. The van der Waals surface area contributed by atoms with Crippen molar-refractivity contribution in [1.82, 2.24) is 5.32 Å². The molecule has 0 saturated heterocycles. The molecular formula is C27H32N2O4S. The fraction of sp³-hybridized carbons (Fsp3) is 0.296. The molecule has 3 aromatic carbocycles. The largest absolute Gasteiger partial charge is 0.491 e. The molecule has 0 aromatic heterocycles. The van der Waals surface area contributed by atoms with Crippen LogP contribution in [0.2, 0.25) is 0 Å². The van der Waals surface area contributed by atoms with Crippen LogP contribution in [-0.2, 0) is 14.8 Å². The standard InChI is InChI=1S/C27H32N2O4S/c1-19-6-12-25(13-7-19)33-18-23(5)28-27(30)17-29(24-11-10-21(3)22(4)16-24)34(31,32)26-14-8-20(2)9-15-26/h6-16,23H,17-18H2,1-5H3,(H,28,30). The van der Waals surface area contributed by atoms with Crippen molar-refractivity contribution in [2.24, 2.45) is 0 Å². The van der Waals surface area contributed by atoms with Gasteiger partial charge in [0.2, 0.25) is 5.91 Å². The number of benzene rings is 3. The van der Waals surface area contributed by atoms with E-state index >= 15 is 0 Å². The van der Waals surface area contributed by atoms with Crippen LogP contribution >= 0.6 is 0 Å². The summed E-state index contributed by atoms with van der Waals surface area (Å²) in [6, 6.07) is 19.3. The number of anilines is 1. The van der Waals surface area contributed by atoms with E-state index in [0.717, 1.165) is 26.6 Å². The van der Waals surface area contributed by atoms with E-state index in [9.17, 15) is 13.2 Å². The summed E-state index contributed by atoms with van der Waals surface area (Å²) in [6.07, 6.45) is 0. The molecule has 6 nitrogen and oxygen atoms in total. The zero-order valence-corrected chi connectivity index (χ0v) is 21.1. The lowest BCUT2D eigenvalue weighted by Crippen LogP contribution is -2.45. The molecule has 0 heterocycles. The van der Waals surface area contributed by atoms with E-state index in [1.54, 1.807) is 36.4 Å². The average Bonchev–Trinajstić information content (AvgIpc) is 2.79. The zero-order valence-electron chi connectivity index (χ0n) is 20.3. The highest BCUT2D eigenvalue weighted by atomic mass is 32.2. The van der Waals surface area contributed by atoms with E-state index in [1.807, 2.05) is 65.0 Å². The van der Waals surface area contributed by atoms with Gasteiger partial charge in [0.15, 0.2) is 0 Å². The molecule has 0 aliphatic carbocycles. The molecule has 3 rings (SSSR count). The molecule has 0 bridgehead atoms. The molecule has 0 fully saturated rings. The number of hydrogen-bond acceptors (Lipinski definition) is 4. The van der Waals surface area contributed by atoms with Gasteiger partial charge in [0.05, 0.1) is 16.6 Å². The molecule has 0 saturated carbocycles. The predicted octanol–water partition coefficient (Wildman–Crippen LogP) is 4.70. The second kappa shape index (κ2) is 10.7. The van der Waals surface area contributed by atoms with Crippen LogP contribution in [0, 0.1) is 27.7 Å². The van der Waals surface area contributed by atoms with Gasteiger partial charge in [-0.3, -0.25) is 9.10 Å². The van der Waals surface area contributed by atoms with Crippen molar-refractivity contribution in [3.05, 3.63) is 89.0 Å². The number of hydrogen-bond donors (Lipinski definition) is 1. The lowest BCUT2D eigenvalue weighted by molar-refractivity contribution is -0.120. The number of nitrogens with zero attached hydrogens (tertiary/aromatic N) is 1. The first kappa shape index (κ1) is 25.3. The number of rotatable bonds is 9. The molecule has 1 atom stereocenters. The second-order valence-corrected chi connectivity index (χ2v) is 10.5. The molecule has 0 spiro atoms. The van der Waals surface area contributed by atoms with E-state index in [-0.39, 0.29) is 24.1 Å². The minimum atomic E-state index is -3.95. The van der Waals surface area contributed by atoms with Crippen molar-refractivity contribution >= 4 is 21.6 Å². The fourth-order valence-corrected chi connectivity index (χ4v) is 4.79. The summed E-state index contributed by atoms with van der Waals surface area (Å²) in [5, 5.41) is 2.85. The van der Waals surface area contributed by atoms with Gasteiger partial charge in [0.25, 0.3) is 10.0 Å². The Balaban J connectivity index is 1.77. The van der Waals surface area contributed by atoms with Crippen LogP contribution in [0.25, 0.3) is 0 Å². The number of carbonyl (C=O) groups is 1. The van der Waals surface area contributed by atoms with E-state index < -0.39 is 15.9 Å². The topological polar surface area (TPSA) is 75.7 Å². The van der Waals surface area contributed by atoms with Crippen molar-refractivity contribution in [2.75, 3.05) is 17.5 Å². The normalized spacial score (nSPS) is 12.1. The van der Waals surface area contributed by atoms with Gasteiger partial charge in [0.1, 0.15) is 18.9 Å². The third-order valence-corrected chi connectivity index (χ3v) is 7.39. The summed E-state index contributed by atoms with van der Waals surface area (Å²) >= 11 is 0. The summed E-state index contributed by atoms with van der Waals surface area (Å²) in [6.45, 7) is 9.52. The first-order chi connectivity index (χ1) is 16.1. The molecule has 1 N–H and O–H groups in total. The number of carbonyl (C=O) groups excluding carboxylic acids is 1. The maximum absolute atomic E-state index is 13.5. The van der Waals surface area contributed by atoms with Crippen molar-refractivity contribution in [3.63, 3.8) is 0 Å². The predicted molar refractivity (Wildman–Crippen MR) is 136 cm³/mol. The molecule has 0 radical (unpaired) electrons. The van der Waals surface area contributed by atoms with Crippen LogP contribution in [0.1, 0.15) is 29.2 Å². The Morgan fingerprint density at radius 2 is 1.47 bits per heavy atom. The van der Waals surface area contributed by atoms with Gasteiger partial charge in [-0.1, -0.05) is 41.5 Å². The molecule has 1 amide bonds. The van der Waals surface area contributed by atoms with Crippen LogP contribution in [0.5, 0.6) is 5.75 Å². The molecule has 34 heavy (non-hydrogen) atoms. The molecular weight excluding hydrogens is 448 g/mol. The van der Waals surface area contributed by atoms with Crippen molar-refractivity contribution in [1.29, 1.82) is 0 Å². The molecule has 0 aliphatic heterocycles. The third-order valence-electron chi connectivity index (χ3n) is 5.60. The number of sulfonamides is 1. The Labute approximate surface area is 202 Å². The Bertz CT molecular complexity index is 1240. The summed E-state index contributed by atoms with van der Waals surface area (Å²) in [4.78, 5) is 13.0. The maximum atomic E-state index is 13.5. The monoisotopic (exact) mass is 480 g/mol. The highest BCUT2D eigenvalue weighted by Gasteiger charge is 2.28. The molecule has 180 valence electrons. The van der Waals surface area contributed by atoms with Gasteiger partial charge in [-0.15, -0.1) is 0 Å².